The van der Waals surface area contributed by atoms with Crippen LogP contribution < -0.4 is 11.1 Å². The molecule has 1 aromatic heterocycles. The fourth-order valence-corrected chi connectivity index (χ4v) is 2.35. The summed E-state index contributed by atoms with van der Waals surface area (Å²) in [6.45, 7) is 2.15. The van der Waals surface area contributed by atoms with Crippen molar-refractivity contribution >= 4 is 22.7 Å². The van der Waals surface area contributed by atoms with Crippen molar-refractivity contribution in [2.75, 3.05) is 11.1 Å². The van der Waals surface area contributed by atoms with Gasteiger partial charge in [-0.1, -0.05) is 0 Å². The number of aryl methyl sites for hydroxylation is 1. The van der Waals surface area contributed by atoms with Crippen molar-refractivity contribution in [3.05, 3.63) is 39.8 Å². The third kappa shape index (κ3) is 3.37. The Morgan fingerprint density at radius 1 is 1.37 bits per heavy atom. The molecule has 0 radical (unpaired) electrons. The Morgan fingerprint density at radius 3 is 2.68 bits per heavy atom. The molecule has 0 aliphatic rings. The van der Waals surface area contributed by atoms with E-state index in [-0.39, 0.29) is 11.4 Å². The molecule has 0 aliphatic heterocycles. The summed E-state index contributed by atoms with van der Waals surface area (Å²) >= 11 is 1.44. The number of nitrogen functional groups attached to an aromatic ring is 1. The molecule has 0 aliphatic carbocycles. The summed E-state index contributed by atoms with van der Waals surface area (Å²) in [6.07, 6.45) is -2.78. The number of anilines is 2. The van der Waals surface area contributed by atoms with E-state index in [0.717, 1.165) is 16.0 Å². The first-order valence-electron chi connectivity index (χ1n) is 5.48. The van der Waals surface area contributed by atoms with E-state index in [1.54, 1.807) is 6.20 Å². The van der Waals surface area contributed by atoms with Crippen LogP contribution in [0.4, 0.5) is 24.5 Å². The molecule has 1 heterocycles. The lowest BCUT2D eigenvalue weighted by molar-refractivity contribution is -0.136. The van der Waals surface area contributed by atoms with Crippen LogP contribution in [0.1, 0.15) is 15.4 Å². The monoisotopic (exact) mass is 287 g/mol. The number of halogens is 3. The summed E-state index contributed by atoms with van der Waals surface area (Å²) in [6, 6.07) is 3.71. The molecule has 7 heteroatoms. The molecule has 0 bridgehead atoms. The lowest BCUT2D eigenvalue weighted by Gasteiger charge is -2.14. The average molecular weight is 287 g/mol. The van der Waals surface area contributed by atoms with Gasteiger partial charge >= 0.3 is 6.18 Å². The molecule has 0 amide bonds. The van der Waals surface area contributed by atoms with E-state index in [2.05, 4.69) is 10.3 Å². The van der Waals surface area contributed by atoms with Gasteiger partial charge in [0.15, 0.2) is 0 Å². The number of nitrogens with two attached hydrogens (primary N) is 1. The maximum Gasteiger partial charge on any atom is 0.418 e. The normalized spacial score (nSPS) is 11.6. The first-order chi connectivity index (χ1) is 8.86. The molecule has 102 valence electrons. The number of benzene rings is 1. The SMILES string of the molecule is Cc1ncc(CNc2ccc(N)cc2C(F)(F)F)s1. The highest BCUT2D eigenvalue weighted by Gasteiger charge is 2.33. The third-order valence-electron chi connectivity index (χ3n) is 2.47. The zero-order valence-corrected chi connectivity index (χ0v) is 10.9. The van der Waals surface area contributed by atoms with E-state index >= 15 is 0 Å². The highest BCUT2D eigenvalue weighted by Crippen LogP contribution is 2.36. The second kappa shape index (κ2) is 5.08. The molecular weight excluding hydrogens is 275 g/mol. The molecule has 0 spiro atoms. The van der Waals surface area contributed by atoms with Crippen molar-refractivity contribution in [3.63, 3.8) is 0 Å². The number of thiazole rings is 1. The van der Waals surface area contributed by atoms with E-state index in [1.807, 2.05) is 6.92 Å². The highest BCUT2D eigenvalue weighted by molar-refractivity contribution is 7.11. The van der Waals surface area contributed by atoms with Gasteiger partial charge in [-0.3, -0.25) is 0 Å². The van der Waals surface area contributed by atoms with Gasteiger partial charge in [-0.25, -0.2) is 4.98 Å². The van der Waals surface area contributed by atoms with Crippen molar-refractivity contribution in [2.45, 2.75) is 19.6 Å². The Bertz CT molecular complexity index is 578. The minimum absolute atomic E-state index is 0.0211. The largest absolute Gasteiger partial charge is 0.418 e. The molecule has 3 N–H and O–H groups in total. The van der Waals surface area contributed by atoms with Crippen LogP contribution in [0.25, 0.3) is 0 Å². The molecular formula is C12H12F3N3S. The Morgan fingerprint density at radius 2 is 2.11 bits per heavy atom. The van der Waals surface area contributed by atoms with Crippen molar-refractivity contribution in [3.8, 4) is 0 Å². The standard InChI is InChI=1S/C12H12F3N3S/c1-7-17-5-9(19-7)6-18-11-3-2-8(16)4-10(11)12(13,14)15/h2-5,18H,6,16H2,1H3. The van der Waals surface area contributed by atoms with E-state index in [1.165, 1.54) is 23.5 Å². The van der Waals surface area contributed by atoms with Crippen molar-refractivity contribution in [2.24, 2.45) is 0 Å². The molecule has 19 heavy (non-hydrogen) atoms. The van der Waals surface area contributed by atoms with Gasteiger partial charge in [0, 0.05) is 22.4 Å². The Balaban J connectivity index is 2.20. The predicted octanol–water partition coefficient (Wildman–Crippen LogP) is 3.66. The first kappa shape index (κ1) is 13.7. The molecule has 0 fully saturated rings. The van der Waals surface area contributed by atoms with Gasteiger partial charge in [-0.2, -0.15) is 13.2 Å². The van der Waals surface area contributed by atoms with E-state index in [4.69, 9.17) is 5.73 Å². The van der Waals surface area contributed by atoms with Crippen LogP contribution in [0.3, 0.4) is 0 Å². The van der Waals surface area contributed by atoms with E-state index in [9.17, 15) is 13.2 Å². The van der Waals surface area contributed by atoms with Crippen LogP contribution in [0.5, 0.6) is 0 Å². The molecule has 1 aromatic carbocycles. The van der Waals surface area contributed by atoms with Crippen molar-refractivity contribution < 1.29 is 13.2 Å². The summed E-state index contributed by atoms with van der Waals surface area (Å²) in [4.78, 5) is 4.93. The minimum Gasteiger partial charge on any atom is -0.399 e. The Hall–Kier alpha value is -1.76. The van der Waals surface area contributed by atoms with Crippen LogP contribution >= 0.6 is 11.3 Å². The Labute approximate surface area is 112 Å². The van der Waals surface area contributed by atoms with Gasteiger partial charge in [-0.05, 0) is 25.1 Å². The molecule has 2 rings (SSSR count). The summed E-state index contributed by atoms with van der Waals surface area (Å²) in [7, 11) is 0. The smallest absolute Gasteiger partial charge is 0.399 e. The van der Waals surface area contributed by atoms with Crippen LogP contribution in [-0.4, -0.2) is 4.98 Å². The maximum absolute atomic E-state index is 12.9. The lowest BCUT2D eigenvalue weighted by Crippen LogP contribution is -2.11. The topological polar surface area (TPSA) is 50.9 Å². The van der Waals surface area contributed by atoms with Gasteiger partial charge in [0.1, 0.15) is 0 Å². The number of alkyl halides is 3. The number of hydrogen-bond donors (Lipinski definition) is 2. The van der Waals surface area contributed by atoms with Gasteiger partial charge in [0.25, 0.3) is 0 Å². The summed E-state index contributed by atoms with van der Waals surface area (Å²) in [5, 5.41) is 3.65. The van der Waals surface area contributed by atoms with Crippen molar-refractivity contribution in [1.82, 2.24) is 4.98 Å². The first-order valence-corrected chi connectivity index (χ1v) is 6.30. The van der Waals surface area contributed by atoms with Crippen LogP contribution in [0.15, 0.2) is 24.4 Å². The van der Waals surface area contributed by atoms with Gasteiger partial charge in [0.05, 0.1) is 17.1 Å². The molecule has 0 saturated heterocycles. The highest BCUT2D eigenvalue weighted by atomic mass is 32.1. The number of aromatic nitrogens is 1. The zero-order valence-electron chi connectivity index (χ0n) is 10.1. The molecule has 0 unspecified atom stereocenters. The van der Waals surface area contributed by atoms with Gasteiger partial charge < -0.3 is 11.1 Å². The van der Waals surface area contributed by atoms with Crippen molar-refractivity contribution in [1.29, 1.82) is 0 Å². The Kier molecular flexibility index (Phi) is 3.66. The summed E-state index contributed by atoms with van der Waals surface area (Å²) < 4.78 is 38.6. The van der Waals surface area contributed by atoms with Crippen LogP contribution in [-0.2, 0) is 12.7 Å². The molecule has 3 nitrogen and oxygen atoms in total. The summed E-state index contributed by atoms with van der Waals surface area (Å²) in [5.74, 6) is 0. The minimum atomic E-state index is -4.43. The number of nitrogens with one attached hydrogen (secondary N) is 1. The van der Waals surface area contributed by atoms with Crippen LogP contribution in [0.2, 0.25) is 0 Å². The molecule has 0 atom stereocenters. The second-order valence-corrected chi connectivity index (χ2v) is 5.32. The van der Waals surface area contributed by atoms with Gasteiger partial charge in [0.2, 0.25) is 0 Å². The lowest BCUT2D eigenvalue weighted by atomic mass is 10.1. The number of hydrogen-bond acceptors (Lipinski definition) is 4. The predicted molar refractivity (Wildman–Crippen MR) is 70.0 cm³/mol. The maximum atomic E-state index is 12.9. The molecule has 2 aromatic rings. The van der Waals surface area contributed by atoms with E-state index in [0.29, 0.717) is 6.54 Å². The zero-order chi connectivity index (χ0) is 14.0. The summed E-state index contributed by atoms with van der Waals surface area (Å²) in [5.41, 5.74) is 4.75. The quantitative estimate of drug-likeness (QED) is 0.847. The average Bonchev–Trinajstić information content (AvgIpc) is 2.72. The third-order valence-corrected chi connectivity index (χ3v) is 3.38. The fraction of sp³-hybridized carbons (Fsp3) is 0.250. The van der Waals surface area contributed by atoms with Gasteiger partial charge in [-0.15, -0.1) is 11.3 Å². The fourth-order valence-electron chi connectivity index (χ4n) is 1.62. The molecule has 0 saturated carbocycles. The number of nitrogens with zero attached hydrogens (tertiary/aromatic N) is 1. The number of rotatable bonds is 3. The van der Waals surface area contributed by atoms with Crippen LogP contribution in [0, 0.1) is 6.92 Å². The second-order valence-electron chi connectivity index (χ2n) is 4.00. The van der Waals surface area contributed by atoms with E-state index < -0.39 is 11.7 Å².